The molecule has 10 heteroatoms. The van der Waals surface area contributed by atoms with Gasteiger partial charge in [-0.2, -0.15) is 13.2 Å². The fourth-order valence-electron chi connectivity index (χ4n) is 4.39. The highest BCUT2D eigenvalue weighted by molar-refractivity contribution is 6.48. The molecule has 0 N–H and O–H groups in total. The van der Waals surface area contributed by atoms with Gasteiger partial charge in [0.05, 0.1) is 20.8 Å². The maximum absolute atomic E-state index is 14.2. The van der Waals surface area contributed by atoms with Gasteiger partial charge in [0.15, 0.2) is 0 Å². The summed E-state index contributed by atoms with van der Waals surface area (Å²) in [4.78, 5) is 19.1. The third kappa shape index (κ3) is 4.27. The molecule has 5 rings (SSSR count). The molecule has 0 spiro atoms. The number of carbonyl (C=O) groups is 1. The minimum absolute atomic E-state index is 0.0251. The lowest BCUT2D eigenvalue weighted by Gasteiger charge is -2.39. The van der Waals surface area contributed by atoms with E-state index >= 15 is 0 Å². The average Bonchev–Trinajstić information content (AvgIpc) is 3.43. The highest BCUT2D eigenvalue weighted by Crippen LogP contribution is 2.50. The van der Waals surface area contributed by atoms with Crippen LogP contribution in [0.25, 0.3) is 0 Å². The van der Waals surface area contributed by atoms with E-state index in [1.807, 2.05) is 17.0 Å². The van der Waals surface area contributed by atoms with Gasteiger partial charge in [0, 0.05) is 37.4 Å². The van der Waals surface area contributed by atoms with E-state index in [4.69, 9.17) is 39.6 Å². The van der Waals surface area contributed by atoms with Gasteiger partial charge in [-0.3, -0.25) is 4.79 Å². The molecule has 1 atom stereocenters. The van der Waals surface area contributed by atoms with Crippen molar-refractivity contribution in [3.05, 3.63) is 68.2 Å². The Balaban J connectivity index is 1.30. The van der Waals surface area contributed by atoms with Gasteiger partial charge >= 0.3 is 6.18 Å². The molecule has 4 nitrogen and oxygen atoms in total. The summed E-state index contributed by atoms with van der Waals surface area (Å²) in [7, 11) is 0. The maximum atomic E-state index is 14.2. The molecular weight excluding hydrogens is 512 g/mol. The number of halogens is 6. The zero-order valence-electron chi connectivity index (χ0n) is 17.8. The number of likely N-dealkylation sites (tertiary alicyclic amines) is 1. The van der Waals surface area contributed by atoms with Crippen LogP contribution in [0.4, 0.5) is 13.2 Å². The number of amides is 1. The second-order valence-electron chi connectivity index (χ2n) is 9.15. The quantitative estimate of drug-likeness (QED) is 0.392. The predicted molar refractivity (Wildman–Crippen MR) is 125 cm³/mol. The molecule has 1 saturated heterocycles. The van der Waals surface area contributed by atoms with Crippen molar-refractivity contribution >= 4 is 46.4 Å². The first-order valence-corrected chi connectivity index (χ1v) is 12.1. The highest BCUT2D eigenvalue weighted by Gasteiger charge is 2.62. The van der Waals surface area contributed by atoms with E-state index in [1.54, 1.807) is 12.1 Å². The predicted octanol–water partition coefficient (Wildman–Crippen LogP) is 6.95. The molecule has 2 aromatic rings. The Labute approximate surface area is 209 Å². The second-order valence-corrected chi connectivity index (χ2v) is 10.3. The molecule has 2 aromatic carbocycles. The van der Waals surface area contributed by atoms with E-state index in [1.165, 1.54) is 0 Å². The summed E-state index contributed by atoms with van der Waals surface area (Å²) in [6, 6.07) is 9.43. The molecule has 1 unspecified atom stereocenters. The second kappa shape index (κ2) is 8.61. The Morgan fingerprint density at radius 1 is 1.09 bits per heavy atom. The first kappa shape index (κ1) is 23.8. The van der Waals surface area contributed by atoms with E-state index in [9.17, 15) is 18.0 Å². The molecule has 1 saturated carbocycles. The lowest BCUT2D eigenvalue weighted by Crippen LogP contribution is -2.48. The Morgan fingerprint density at radius 3 is 2.26 bits per heavy atom. The fourth-order valence-corrected chi connectivity index (χ4v) is 4.98. The van der Waals surface area contributed by atoms with Crippen LogP contribution in [0.3, 0.4) is 0 Å². The minimum atomic E-state index is -4.78. The van der Waals surface area contributed by atoms with Crippen molar-refractivity contribution in [3.8, 4) is 0 Å². The highest BCUT2D eigenvalue weighted by atomic mass is 35.5. The number of hydrogen-bond donors (Lipinski definition) is 0. The Hall–Kier alpha value is -1.96. The number of oxime groups is 1. The first-order valence-electron chi connectivity index (χ1n) is 10.9. The number of alkyl halides is 3. The summed E-state index contributed by atoms with van der Waals surface area (Å²) in [6.45, 7) is 1.34. The van der Waals surface area contributed by atoms with Crippen LogP contribution >= 0.6 is 34.8 Å². The van der Waals surface area contributed by atoms with Gasteiger partial charge in [-0.15, -0.1) is 0 Å². The SMILES string of the molecule is O=C(CC1CC1)N1CC(c2ccc(C3=NOC(c4cc(Cl)c(Cl)c(Cl)c4)(C(F)(F)F)C3)cc2)C1. The van der Waals surface area contributed by atoms with Crippen molar-refractivity contribution in [1.82, 2.24) is 4.90 Å². The molecule has 1 aliphatic carbocycles. The van der Waals surface area contributed by atoms with Crippen LogP contribution in [0.15, 0.2) is 41.6 Å². The van der Waals surface area contributed by atoms with Crippen LogP contribution in [0.1, 0.15) is 48.3 Å². The first-order chi connectivity index (χ1) is 16.1. The standard InChI is InChI=1S/C24H20Cl3F3N2O2/c25-18-8-17(9-19(26)22(18)27)23(24(28,29)30)10-20(31-34-23)15-5-3-14(4-6-15)16-11-32(12-16)21(33)7-13-1-2-13/h3-6,8-9,13,16H,1-2,7,10-12H2. The third-order valence-corrected chi connectivity index (χ3v) is 7.94. The number of hydrogen-bond acceptors (Lipinski definition) is 3. The average molecular weight is 532 g/mol. The zero-order chi connectivity index (χ0) is 24.3. The molecule has 180 valence electrons. The van der Waals surface area contributed by atoms with Gasteiger partial charge in [-0.25, -0.2) is 0 Å². The fraction of sp³-hybridized carbons (Fsp3) is 0.417. The lowest BCUT2D eigenvalue weighted by atomic mass is 9.85. The van der Waals surface area contributed by atoms with Crippen LogP contribution in [0.2, 0.25) is 15.1 Å². The molecule has 0 aromatic heterocycles. The molecule has 3 aliphatic rings. The van der Waals surface area contributed by atoms with Crippen molar-refractivity contribution in [1.29, 1.82) is 0 Å². The number of nitrogens with zero attached hydrogens (tertiary/aromatic N) is 2. The Bertz CT molecular complexity index is 1140. The summed E-state index contributed by atoms with van der Waals surface area (Å²) >= 11 is 17.9. The molecule has 2 fully saturated rings. The number of rotatable bonds is 5. The number of carbonyl (C=O) groups excluding carboxylic acids is 1. The molecular formula is C24H20Cl3F3N2O2. The van der Waals surface area contributed by atoms with Crippen molar-refractivity contribution in [2.24, 2.45) is 11.1 Å². The molecule has 2 heterocycles. The molecule has 2 aliphatic heterocycles. The minimum Gasteiger partial charge on any atom is -0.374 e. The van der Waals surface area contributed by atoms with E-state index in [0.717, 1.165) is 30.5 Å². The molecule has 34 heavy (non-hydrogen) atoms. The topological polar surface area (TPSA) is 41.9 Å². The summed E-state index contributed by atoms with van der Waals surface area (Å²) in [6.07, 6.45) is -2.38. The van der Waals surface area contributed by atoms with Crippen LogP contribution < -0.4 is 0 Å². The number of benzene rings is 2. The van der Waals surface area contributed by atoms with E-state index in [2.05, 4.69) is 5.16 Å². The van der Waals surface area contributed by atoms with Crippen LogP contribution in [-0.2, 0) is 15.2 Å². The van der Waals surface area contributed by atoms with Crippen LogP contribution in [-0.4, -0.2) is 35.8 Å². The zero-order valence-corrected chi connectivity index (χ0v) is 20.1. The van der Waals surface area contributed by atoms with Crippen molar-refractivity contribution in [2.45, 2.75) is 43.4 Å². The summed E-state index contributed by atoms with van der Waals surface area (Å²) in [5.74, 6) is 0.995. The van der Waals surface area contributed by atoms with Gasteiger partial charge in [0.25, 0.3) is 5.60 Å². The lowest BCUT2D eigenvalue weighted by molar-refractivity contribution is -0.275. The van der Waals surface area contributed by atoms with Crippen LogP contribution in [0, 0.1) is 5.92 Å². The van der Waals surface area contributed by atoms with Crippen molar-refractivity contribution in [3.63, 3.8) is 0 Å². The largest absolute Gasteiger partial charge is 0.435 e. The summed E-state index contributed by atoms with van der Waals surface area (Å²) in [5, 5.41) is 3.57. The van der Waals surface area contributed by atoms with Gasteiger partial charge < -0.3 is 9.74 Å². The normalized spacial score (nSPS) is 22.9. The van der Waals surface area contributed by atoms with Gasteiger partial charge in [-0.1, -0.05) is 64.2 Å². The molecule has 0 radical (unpaired) electrons. The van der Waals surface area contributed by atoms with Gasteiger partial charge in [0.1, 0.15) is 0 Å². The monoisotopic (exact) mass is 530 g/mol. The maximum Gasteiger partial charge on any atom is 0.435 e. The van der Waals surface area contributed by atoms with Gasteiger partial charge in [-0.05, 0) is 42.0 Å². The Kier molecular flexibility index (Phi) is 6.02. The van der Waals surface area contributed by atoms with E-state index in [-0.39, 0.29) is 38.2 Å². The van der Waals surface area contributed by atoms with Gasteiger partial charge in [0.2, 0.25) is 5.91 Å². The van der Waals surface area contributed by atoms with E-state index < -0.39 is 18.2 Å². The third-order valence-electron chi connectivity index (χ3n) is 6.75. The molecule has 0 bridgehead atoms. The van der Waals surface area contributed by atoms with Crippen molar-refractivity contribution in [2.75, 3.05) is 13.1 Å². The Morgan fingerprint density at radius 2 is 1.71 bits per heavy atom. The van der Waals surface area contributed by atoms with Crippen LogP contribution in [0.5, 0.6) is 0 Å². The smallest absolute Gasteiger partial charge is 0.374 e. The molecule has 1 amide bonds. The summed E-state index contributed by atoms with van der Waals surface area (Å²) in [5.41, 5.74) is -1.24. The summed E-state index contributed by atoms with van der Waals surface area (Å²) < 4.78 is 42.6. The van der Waals surface area contributed by atoms with Crippen molar-refractivity contribution < 1.29 is 22.8 Å². The van der Waals surface area contributed by atoms with E-state index in [0.29, 0.717) is 31.0 Å².